The Hall–Kier alpha value is -4.51. The summed E-state index contributed by atoms with van der Waals surface area (Å²) in [7, 11) is 0. The Morgan fingerprint density at radius 2 is 0.804 bits per heavy atom. The number of carbonyl (C=O) groups is 4. The molecular formula is C28H44N6O12. The van der Waals surface area contributed by atoms with Crippen LogP contribution in [0, 0.1) is 20.2 Å². The fraction of sp³-hybridized carbons (Fsp3) is 0.750. The summed E-state index contributed by atoms with van der Waals surface area (Å²) in [5.41, 5.74) is -13.2. The minimum atomic E-state index is -3.74. The van der Waals surface area contributed by atoms with Gasteiger partial charge in [-0.2, -0.15) is 9.97 Å². The largest absolute Gasteiger partial charge is 0.468 e. The third kappa shape index (κ3) is 9.26. The molecule has 0 atom stereocenters. The minimum absolute atomic E-state index is 0.579. The lowest BCUT2D eigenvalue weighted by atomic mass is 9.95. The predicted octanol–water partition coefficient (Wildman–Crippen LogP) is 3.00. The van der Waals surface area contributed by atoms with Crippen molar-refractivity contribution in [3.8, 4) is 0 Å². The normalized spacial score (nSPS) is 13.0. The average Bonchev–Trinajstić information content (AvgIpc) is 2.73. The van der Waals surface area contributed by atoms with Gasteiger partial charge in [0.05, 0.1) is 9.85 Å². The molecule has 0 spiro atoms. The molecule has 0 aliphatic rings. The molecule has 0 amide bonds. The molecule has 1 aromatic heterocycles. The van der Waals surface area contributed by atoms with E-state index in [2.05, 4.69) is 20.3 Å². The fourth-order valence-corrected chi connectivity index (χ4v) is 3.42. The van der Waals surface area contributed by atoms with E-state index in [0.717, 1.165) is 0 Å². The molecule has 0 aromatic carbocycles. The molecule has 18 heteroatoms. The van der Waals surface area contributed by atoms with Crippen LogP contribution in [0.2, 0.25) is 0 Å². The number of aromatic nitrogens is 3. The van der Waals surface area contributed by atoms with Gasteiger partial charge in [-0.3, -0.25) is 20.2 Å². The van der Waals surface area contributed by atoms with Gasteiger partial charge in [0.2, 0.25) is 17.6 Å². The second-order valence-corrected chi connectivity index (χ2v) is 14.5. The van der Waals surface area contributed by atoms with E-state index in [0.29, 0.717) is 0 Å². The first kappa shape index (κ1) is 39.5. The zero-order chi connectivity index (χ0) is 36.4. The highest BCUT2D eigenvalue weighted by atomic mass is 16.7. The molecule has 1 rings (SSSR count). The van der Waals surface area contributed by atoms with E-state index in [1.807, 2.05) is 0 Å². The van der Waals surface area contributed by atoms with Crippen LogP contribution < -0.4 is 5.32 Å². The van der Waals surface area contributed by atoms with Crippen molar-refractivity contribution in [3.63, 3.8) is 0 Å². The Kier molecular flexibility index (Phi) is 11.2. The highest BCUT2D eigenvalue weighted by molar-refractivity contribution is 6.05. The number of nitrogens with zero attached hydrogens (tertiary/aromatic N) is 5. The van der Waals surface area contributed by atoms with Crippen LogP contribution >= 0.6 is 0 Å². The maximum absolute atomic E-state index is 13.7. The SMILES string of the molecule is CC(C)Nc1nc(C(C(=O)OC(C)(C)C)(C(=O)OC(C)(C)C)[N+](=O)[O-])nc(C(C(=O)OC(C)(C)C)(C(=O)OC(C)(C)C)[N+](=O)[O-])n1. The van der Waals surface area contributed by atoms with Gasteiger partial charge < -0.3 is 24.3 Å². The second-order valence-electron chi connectivity index (χ2n) is 14.5. The van der Waals surface area contributed by atoms with Crippen molar-refractivity contribution >= 4 is 29.8 Å². The molecule has 0 unspecified atom stereocenters. The van der Waals surface area contributed by atoms with Crippen LogP contribution in [0.4, 0.5) is 5.95 Å². The molecule has 0 bridgehead atoms. The summed E-state index contributed by atoms with van der Waals surface area (Å²) in [6.07, 6.45) is 0. The number of carbonyl (C=O) groups excluding carboxylic acids is 4. The monoisotopic (exact) mass is 656 g/mol. The molecule has 1 heterocycles. The number of hydrogen-bond donors (Lipinski definition) is 1. The van der Waals surface area contributed by atoms with Gasteiger partial charge in [-0.05, 0) is 96.9 Å². The summed E-state index contributed by atoms with van der Waals surface area (Å²) in [6, 6.07) is -0.579. The Labute approximate surface area is 266 Å². The third-order valence-corrected chi connectivity index (χ3v) is 5.03. The molecule has 0 saturated carbocycles. The van der Waals surface area contributed by atoms with Crippen LogP contribution in [0.5, 0.6) is 0 Å². The van der Waals surface area contributed by atoms with Gasteiger partial charge in [0.25, 0.3) is 0 Å². The summed E-state index contributed by atoms with van der Waals surface area (Å²) in [5.74, 6) is -10.7. The predicted molar refractivity (Wildman–Crippen MR) is 159 cm³/mol. The molecule has 18 nitrogen and oxygen atoms in total. The second kappa shape index (κ2) is 13.1. The molecule has 1 N–H and O–H groups in total. The van der Waals surface area contributed by atoms with Crippen LogP contribution in [0.3, 0.4) is 0 Å². The van der Waals surface area contributed by atoms with Gasteiger partial charge in [-0.25, -0.2) is 24.2 Å². The fourth-order valence-electron chi connectivity index (χ4n) is 3.42. The Morgan fingerprint density at radius 3 is 0.978 bits per heavy atom. The molecule has 0 saturated heterocycles. The van der Waals surface area contributed by atoms with E-state index >= 15 is 0 Å². The molecule has 0 fully saturated rings. The molecule has 1 aromatic rings. The van der Waals surface area contributed by atoms with Crippen molar-refractivity contribution in [1.82, 2.24) is 15.0 Å². The van der Waals surface area contributed by atoms with E-state index in [1.54, 1.807) is 13.8 Å². The number of rotatable bonds is 10. The smallest absolute Gasteiger partial charge is 0.454 e. The molecule has 0 aliphatic heterocycles. The summed E-state index contributed by atoms with van der Waals surface area (Å²) < 4.78 is 21.0. The van der Waals surface area contributed by atoms with Gasteiger partial charge in [0, 0.05) is 6.04 Å². The highest BCUT2D eigenvalue weighted by Gasteiger charge is 2.71. The first-order valence-electron chi connectivity index (χ1n) is 14.2. The molecule has 46 heavy (non-hydrogen) atoms. The van der Waals surface area contributed by atoms with Crippen LogP contribution in [0.25, 0.3) is 0 Å². The molecule has 0 radical (unpaired) electrons. The maximum atomic E-state index is 13.7. The van der Waals surface area contributed by atoms with Crippen molar-refractivity contribution in [1.29, 1.82) is 0 Å². The lowest BCUT2D eigenvalue weighted by Gasteiger charge is -2.30. The summed E-state index contributed by atoms with van der Waals surface area (Å²) in [4.78, 5) is 89.5. The van der Waals surface area contributed by atoms with E-state index < -0.39 is 90.8 Å². The van der Waals surface area contributed by atoms with Crippen LogP contribution in [0.1, 0.15) is 109 Å². The zero-order valence-electron chi connectivity index (χ0n) is 28.7. The minimum Gasteiger partial charge on any atom is -0.454 e. The standard InChI is InChI=1S/C28H44N6O12/c1-15(2)29-22-31-16(27(33(39)40,18(35)43-23(3,4)5)19(36)44-24(6,7)8)30-17(32-22)28(34(41)42,20(37)45-25(9,10)11)21(38)46-26(12,13)14/h15H,1-14H3,(H,29,30,31,32). The maximum Gasteiger partial charge on any atom is 0.468 e. The highest BCUT2D eigenvalue weighted by Crippen LogP contribution is 2.35. The Morgan fingerprint density at radius 1 is 0.565 bits per heavy atom. The van der Waals surface area contributed by atoms with Gasteiger partial charge in [0.1, 0.15) is 22.4 Å². The number of nitro groups is 2. The molecule has 0 aliphatic carbocycles. The summed E-state index contributed by atoms with van der Waals surface area (Å²) in [6.45, 7) is 19.4. The molecule has 258 valence electrons. The molecular weight excluding hydrogens is 612 g/mol. The van der Waals surface area contributed by atoms with Gasteiger partial charge in [-0.1, -0.05) is 0 Å². The van der Waals surface area contributed by atoms with Crippen molar-refractivity contribution in [3.05, 3.63) is 31.9 Å². The first-order valence-corrected chi connectivity index (χ1v) is 14.2. The lowest BCUT2D eigenvalue weighted by Crippen LogP contribution is -2.58. The zero-order valence-corrected chi connectivity index (χ0v) is 28.7. The van der Waals surface area contributed by atoms with Crippen LogP contribution in [-0.2, 0) is 49.2 Å². The Bertz CT molecular complexity index is 1230. The van der Waals surface area contributed by atoms with Crippen molar-refractivity contribution in [2.24, 2.45) is 0 Å². The van der Waals surface area contributed by atoms with Gasteiger partial charge >= 0.3 is 35.0 Å². The quantitative estimate of drug-likeness (QED) is 0.125. The van der Waals surface area contributed by atoms with Gasteiger partial charge in [-0.15, -0.1) is 0 Å². The number of ether oxygens (including phenoxy) is 4. The van der Waals surface area contributed by atoms with Crippen molar-refractivity contribution in [2.75, 3.05) is 5.32 Å². The van der Waals surface area contributed by atoms with E-state index in [-0.39, 0.29) is 0 Å². The average molecular weight is 657 g/mol. The number of esters is 4. The van der Waals surface area contributed by atoms with Gasteiger partial charge in [0.15, 0.2) is 0 Å². The van der Waals surface area contributed by atoms with E-state index in [1.165, 1.54) is 83.1 Å². The van der Waals surface area contributed by atoms with Crippen LogP contribution in [0.15, 0.2) is 0 Å². The third-order valence-electron chi connectivity index (χ3n) is 5.03. The topological polar surface area (TPSA) is 242 Å². The number of anilines is 1. The number of hydrogen-bond acceptors (Lipinski definition) is 16. The van der Waals surface area contributed by atoms with Crippen molar-refractivity contribution < 1.29 is 48.0 Å². The summed E-state index contributed by atoms with van der Waals surface area (Å²) in [5, 5.41) is 28.5. The van der Waals surface area contributed by atoms with E-state index in [4.69, 9.17) is 18.9 Å². The van der Waals surface area contributed by atoms with Crippen molar-refractivity contribution in [2.45, 2.75) is 136 Å². The Balaban J connectivity index is 4.60. The summed E-state index contributed by atoms with van der Waals surface area (Å²) >= 11 is 0. The van der Waals surface area contributed by atoms with Crippen LogP contribution in [-0.4, -0.2) is 77.1 Å². The van der Waals surface area contributed by atoms with E-state index in [9.17, 15) is 39.4 Å². The lowest BCUT2D eigenvalue weighted by molar-refractivity contribution is -0.555. The first-order chi connectivity index (χ1) is 20.4. The number of nitrogens with one attached hydrogen (secondary N) is 1.